The lowest BCUT2D eigenvalue weighted by Crippen LogP contribution is -2.14. The molecule has 0 atom stereocenters. The summed E-state index contributed by atoms with van der Waals surface area (Å²) in [6, 6.07) is 4.40. The highest BCUT2D eigenvalue weighted by atomic mass is 32.2. The van der Waals surface area contributed by atoms with Crippen molar-refractivity contribution in [3.63, 3.8) is 0 Å². The molecule has 0 bridgehead atoms. The van der Waals surface area contributed by atoms with Crippen molar-refractivity contribution in [2.24, 2.45) is 0 Å². The number of hydrogen-bond acceptors (Lipinski definition) is 7. The van der Waals surface area contributed by atoms with Gasteiger partial charge in [0.05, 0.1) is 4.92 Å². The summed E-state index contributed by atoms with van der Waals surface area (Å²) < 4.78 is 62.9. The van der Waals surface area contributed by atoms with Gasteiger partial charge in [0.1, 0.15) is 0 Å². The molecule has 0 spiro atoms. The molecule has 0 saturated carbocycles. The van der Waals surface area contributed by atoms with E-state index in [-0.39, 0.29) is 11.3 Å². The average molecular weight is 354 g/mol. The maximum absolute atomic E-state index is 12.4. The van der Waals surface area contributed by atoms with Crippen LogP contribution >= 0.6 is 11.3 Å². The lowest BCUT2D eigenvalue weighted by Gasteiger charge is -2.05. The summed E-state index contributed by atoms with van der Waals surface area (Å²) in [6.07, 6.45) is -4.76. The number of nitrogens with one attached hydrogen (secondary N) is 1. The average Bonchev–Trinajstić information content (AvgIpc) is 2.86. The van der Waals surface area contributed by atoms with Gasteiger partial charge in [-0.05, 0) is 6.07 Å². The first kappa shape index (κ1) is 16.1. The van der Waals surface area contributed by atoms with Crippen molar-refractivity contribution in [3.05, 3.63) is 39.4 Å². The Morgan fingerprint density at radius 3 is 2.41 bits per heavy atom. The van der Waals surface area contributed by atoms with Gasteiger partial charge in [0, 0.05) is 6.07 Å². The quantitative estimate of drug-likeness (QED) is 0.665. The summed E-state index contributed by atoms with van der Waals surface area (Å²) in [4.78, 5) is 9.18. The van der Waals surface area contributed by atoms with E-state index in [1.165, 1.54) is 12.1 Å². The minimum absolute atomic E-state index is 0.0317. The zero-order valence-electron chi connectivity index (χ0n) is 10.2. The molecule has 2 aromatic rings. The van der Waals surface area contributed by atoms with Crippen LogP contribution in [-0.4, -0.2) is 23.5 Å². The van der Waals surface area contributed by atoms with Crippen LogP contribution in [0.4, 0.5) is 24.0 Å². The van der Waals surface area contributed by atoms with E-state index >= 15 is 0 Å². The fraction of sp³-hybridized carbons (Fsp3) is 0.111. The van der Waals surface area contributed by atoms with E-state index in [1.54, 1.807) is 4.72 Å². The second kappa shape index (κ2) is 5.49. The predicted molar refractivity (Wildman–Crippen MR) is 68.8 cm³/mol. The Hall–Kier alpha value is -2.28. The number of anilines is 1. The van der Waals surface area contributed by atoms with Crippen LogP contribution in [0, 0.1) is 10.1 Å². The molecule has 0 aliphatic heterocycles. The van der Waals surface area contributed by atoms with Crippen LogP contribution in [0.25, 0.3) is 0 Å². The molecule has 8 nitrogen and oxygen atoms in total. The minimum Gasteiger partial charge on any atom is -0.258 e. The van der Waals surface area contributed by atoms with Gasteiger partial charge in [-0.15, -0.1) is 10.2 Å². The molecule has 0 aliphatic carbocycles. The Labute approximate surface area is 124 Å². The predicted octanol–water partition coefficient (Wildman–Crippen LogP) is 2.27. The third-order valence-electron chi connectivity index (χ3n) is 2.24. The topological polar surface area (TPSA) is 115 Å². The summed E-state index contributed by atoms with van der Waals surface area (Å²) in [5.74, 6) is 0. The van der Waals surface area contributed by atoms with Gasteiger partial charge >= 0.3 is 6.18 Å². The monoisotopic (exact) mass is 354 g/mol. The van der Waals surface area contributed by atoms with Crippen LogP contribution in [0.3, 0.4) is 0 Å². The molecule has 1 heterocycles. The molecule has 22 heavy (non-hydrogen) atoms. The maximum atomic E-state index is 12.4. The molecule has 118 valence electrons. The fourth-order valence-electron chi connectivity index (χ4n) is 1.38. The fourth-order valence-corrected chi connectivity index (χ4v) is 3.40. The molecule has 1 N–H and O–H groups in total. The molecular formula is C9H5F3N4O4S2. The highest BCUT2D eigenvalue weighted by Crippen LogP contribution is 2.34. The zero-order chi connectivity index (χ0) is 16.5. The van der Waals surface area contributed by atoms with Crippen LogP contribution in [-0.2, 0) is 16.2 Å². The first-order valence-electron chi connectivity index (χ1n) is 5.28. The maximum Gasteiger partial charge on any atom is 0.445 e. The van der Waals surface area contributed by atoms with Crippen molar-refractivity contribution < 1.29 is 26.5 Å². The van der Waals surface area contributed by atoms with E-state index in [0.717, 1.165) is 12.1 Å². The van der Waals surface area contributed by atoms with Gasteiger partial charge < -0.3 is 0 Å². The number of alkyl halides is 3. The first-order valence-corrected chi connectivity index (χ1v) is 7.58. The van der Waals surface area contributed by atoms with Gasteiger partial charge in [0.15, 0.2) is 4.90 Å². The Morgan fingerprint density at radius 1 is 1.23 bits per heavy atom. The van der Waals surface area contributed by atoms with Crippen LogP contribution in [0.2, 0.25) is 0 Å². The Kier molecular flexibility index (Phi) is 4.02. The molecule has 0 fully saturated rings. The Bertz CT molecular complexity index is 818. The standard InChI is InChI=1S/C9H5F3N4O4S2/c10-9(11,12)7-13-14-8(21-7)15-22(19,20)6-4-2-1-3-5(6)16(17)18/h1-4H,(H,14,15). The first-order chi connectivity index (χ1) is 10.1. The van der Waals surface area contributed by atoms with Gasteiger partial charge in [-0.3, -0.25) is 14.8 Å². The number of hydrogen-bond donors (Lipinski definition) is 1. The van der Waals surface area contributed by atoms with Crippen molar-refractivity contribution >= 4 is 32.2 Å². The second-order valence-corrected chi connectivity index (χ2v) is 6.37. The third kappa shape index (κ3) is 3.30. The number of rotatable bonds is 4. The summed E-state index contributed by atoms with van der Waals surface area (Å²) >= 11 is -0.0317. The van der Waals surface area contributed by atoms with Crippen LogP contribution < -0.4 is 4.72 Å². The van der Waals surface area contributed by atoms with Crippen molar-refractivity contribution in [3.8, 4) is 0 Å². The van der Waals surface area contributed by atoms with Crippen LogP contribution in [0.15, 0.2) is 29.2 Å². The number of aromatic nitrogens is 2. The molecule has 0 radical (unpaired) electrons. The molecular weight excluding hydrogens is 349 g/mol. The molecule has 0 unspecified atom stereocenters. The van der Waals surface area contributed by atoms with E-state index in [0.29, 0.717) is 0 Å². The minimum atomic E-state index is -4.76. The van der Waals surface area contributed by atoms with Crippen molar-refractivity contribution in [2.75, 3.05) is 4.72 Å². The van der Waals surface area contributed by atoms with Gasteiger partial charge in [0.25, 0.3) is 15.7 Å². The summed E-state index contributed by atoms with van der Waals surface area (Å²) in [5.41, 5.74) is -0.712. The number of nitro benzene ring substituents is 1. The van der Waals surface area contributed by atoms with Crippen molar-refractivity contribution in [2.45, 2.75) is 11.1 Å². The molecule has 0 amide bonds. The molecule has 1 aromatic heterocycles. The van der Waals surface area contributed by atoms with E-state index < -0.39 is 41.8 Å². The Morgan fingerprint density at radius 2 is 1.86 bits per heavy atom. The largest absolute Gasteiger partial charge is 0.445 e. The summed E-state index contributed by atoms with van der Waals surface area (Å²) in [7, 11) is -4.47. The number of sulfonamides is 1. The molecule has 2 rings (SSSR count). The summed E-state index contributed by atoms with van der Waals surface area (Å²) in [6.45, 7) is 0. The highest BCUT2D eigenvalue weighted by molar-refractivity contribution is 7.93. The van der Waals surface area contributed by atoms with Crippen molar-refractivity contribution in [1.82, 2.24) is 10.2 Å². The van der Waals surface area contributed by atoms with E-state index in [1.807, 2.05) is 0 Å². The van der Waals surface area contributed by atoms with Crippen LogP contribution in [0.1, 0.15) is 5.01 Å². The number of nitrogens with zero attached hydrogens (tertiary/aromatic N) is 3. The number of benzene rings is 1. The van der Waals surface area contributed by atoms with Gasteiger partial charge in [-0.2, -0.15) is 13.2 Å². The molecule has 1 aromatic carbocycles. The zero-order valence-corrected chi connectivity index (χ0v) is 11.9. The number of para-hydroxylation sites is 1. The van der Waals surface area contributed by atoms with Gasteiger partial charge in [-0.1, -0.05) is 23.5 Å². The molecule has 13 heteroatoms. The van der Waals surface area contributed by atoms with E-state index in [4.69, 9.17) is 0 Å². The SMILES string of the molecule is O=[N+]([O-])c1ccccc1S(=O)(=O)Nc1nnc(C(F)(F)F)s1. The summed E-state index contributed by atoms with van der Waals surface area (Å²) in [5, 5.41) is 14.7. The third-order valence-corrected chi connectivity index (χ3v) is 4.64. The molecule has 0 saturated heterocycles. The van der Waals surface area contributed by atoms with Gasteiger partial charge in [-0.25, -0.2) is 8.42 Å². The number of halogens is 3. The van der Waals surface area contributed by atoms with E-state index in [9.17, 15) is 31.7 Å². The van der Waals surface area contributed by atoms with Crippen molar-refractivity contribution in [1.29, 1.82) is 0 Å². The highest BCUT2D eigenvalue weighted by Gasteiger charge is 2.36. The van der Waals surface area contributed by atoms with E-state index in [2.05, 4.69) is 10.2 Å². The van der Waals surface area contributed by atoms with Gasteiger partial charge in [0.2, 0.25) is 10.1 Å². The number of nitro groups is 1. The molecule has 0 aliphatic rings. The normalized spacial score (nSPS) is 12.1. The smallest absolute Gasteiger partial charge is 0.258 e. The Balaban J connectivity index is 2.37. The lowest BCUT2D eigenvalue weighted by molar-refractivity contribution is -0.387. The second-order valence-electron chi connectivity index (χ2n) is 3.74. The lowest BCUT2D eigenvalue weighted by atomic mass is 10.3. The van der Waals surface area contributed by atoms with Crippen LogP contribution in [0.5, 0.6) is 0 Å².